The Morgan fingerprint density at radius 3 is 2.45 bits per heavy atom. The van der Waals surface area contributed by atoms with Crippen molar-refractivity contribution in [3.8, 4) is 11.5 Å². The van der Waals surface area contributed by atoms with E-state index in [1.54, 1.807) is 30.3 Å². The molecule has 0 radical (unpaired) electrons. The first kappa shape index (κ1) is 62.1. The third-order valence-electron chi connectivity index (χ3n) is 28.9. The average molecular weight is 1330 g/mol. The van der Waals surface area contributed by atoms with Gasteiger partial charge < -0.3 is 65.8 Å². The van der Waals surface area contributed by atoms with Crippen LogP contribution < -0.4 is 15.4 Å². The number of allylic oxidation sites excluding steroid dienone is 7. The Morgan fingerprint density at radius 2 is 1.61 bits per heavy atom. The summed E-state index contributed by atoms with van der Waals surface area (Å²) in [6.07, 6.45) is 21.7. The quantitative estimate of drug-likeness (QED) is 0.0779. The maximum Gasteiger partial charge on any atom is 0.240 e. The SMILES string of the molecule is O=CC1CC2(CCC3(CCC(Cc4cccc(O)c4)C3)C2)CC12CC1CC3CC4C5CCC67Oc8cccc9c8C(=O)C8%10C(O)=CC(Cc%11cccc(CO)c%11)=C(C=CC%11CCCCC%11(O)CCC8SSCNC8=CC(=C3CN8)C1(C2)C4C(O)(C6O)C(O)C5(CO)O7)C%10C9=O. The molecule has 7 saturated carbocycles. The smallest absolute Gasteiger partial charge is 0.240 e. The molecule has 2 saturated heterocycles. The minimum atomic E-state index is -2.40. The molecule has 3 aromatic rings. The normalized spacial score (nSPS) is 45.5. The Morgan fingerprint density at radius 1 is 0.779 bits per heavy atom. The number of carbonyl (C=O) groups is 3. The highest BCUT2D eigenvalue weighted by molar-refractivity contribution is 8.76. The predicted molar refractivity (Wildman–Crippen MR) is 358 cm³/mol. The van der Waals surface area contributed by atoms with Crippen LogP contribution in [-0.2, 0) is 29.0 Å². The van der Waals surface area contributed by atoms with Gasteiger partial charge in [0.15, 0.2) is 17.7 Å². The minimum Gasteiger partial charge on any atom is -0.511 e. The van der Waals surface area contributed by atoms with Crippen LogP contribution >= 0.6 is 21.6 Å². The molecular weight excluding hydrogens is 1240 g/mol. The van der Waals surface area contributed by atoms with E-state index in [0.29, 0.717) is 72.9 Å². The zero-order chi connectivity index (χ0) is 65.0. The van der Waals surface area contributed by atoms with Crippen molar-refractivity contribution in [2.45, 2.75) is 188 Å². The molecule has 12 aliphatic carbocycles. The number of dihydropyridines is 1. The van der Waals surface area contributed by atoms with Crippen molar-refractivity contribution in [2.75, 3.05) is 19.0 Å². The van der Waals surface area contributed by atoms with Crippen molar-refractivity contribution in [3.05, 3.63) is 153 Å². The van der Waals surface area contributed by atoms with Gasteiger partial charge in [0, 0.05) is 46.9 Å². The second-order valence-corrected chi connectivity index (χ2v) is 35.7. The van der Waals surface area contributed by atoms with E-state index in [9.17, 15) is 45.6 Å². The lowest BCUT2D eigenvalue weighted by Gasteiger charge is -2.72. The lowest BCUT2D eigenvalue weighted by atomic mass is 9.42. The average Bonchev–Trinajstić information content (AvgIpc) is 1.62. The molecule has 4 aliphatic heterocycles. The molecule has 9 fully saturated rings. The lowest BCUT2D eigenvalue weighted by Crippen LogP contribution is -2.88. The van der Waals surface area contributed by atoms with Gasteiger partial charge in [0.25, 0.3) is 0 Å². The Bertz CT molecular complexity index is 3940. The third kappa shape index (κ3) is 8.54. The fourth-order valence-corrected chi connectivity index (χ4v) is 28.3. The molecule has 17 heteroatoms. The molecule has 0 aromatic heterocycles. The first-order valence-corrected chi connectivity index (χ1v) is 38.2. The zero-order valence-electron chi connectivity index (χ0n) is 54.0. The highest BCUT2D eigenvalue weighted by Gasteiger charge is 2.85. The van der Waals surface area contributed by atoms with Crippen molar-refractivity contribution >= 4 is 39.4 Å². The van der Waals surface area contributed by atoms with E-state index in [1.165, 1.54) is 39.0 Å². The van der Waals surface area contributed by atoms with Gasteiger partial charge in [-0.1, -0.05) is 95.1 Å². The number of benzene rings is 3. The molecule has 95 heavy (non-hydrogen) atoms. The minimum absolute atomic E-state index is 0.0107. The lowest BCUT2D eigenvalue weighted by molar-refractivity contribution is -0.461. The van der Waals surface area contributed by atoms with E-state index in [0.717, 1.165) is 107 Å². The first-order chi connectivity index (χ1) is 45.8. The van der Waals surface area contributed by atoms with Crippen LogP contribution in [0, 0.1) is 80.3 Å². The highest BCUT2D eigenvalue weighted by Crippen LogP contribution is 2.81. The summed E-state index contributed by atoms with van der Waals surface area (Å²) in [6, 6.07) is 20.1. The van der Waals surface area contributed by atoms with Gasteiger partial charge in [-0.05, 0) is 237 Å². The van der Waals surface area contributed by atoms with Crippen LogP contribution in [0.3, 0.4) is 0 Å². The van der Waals surface area contributed by atoms with Gasteiger partial charge in [0.1, 0.15) is 46.3 Å². The monoisotopic (exact) mass is 1330 g/mol. The second-order valence-electron chi connectivity index (χ2n) is 33.1. The van der Waals surface area contributed by atoms with Gasteiger partial charge in [-0.25, -0.2) is 0 Å². The molecular formula is C78H90N2O13S2. The topological polar surface area (TPSA) is 256 Å². The van der Waals surface area contributed by atoms with Gasteiger partial charge in [-0.3, -0.25) is 9.59 Å². The van der Waals surface area contributed by atoms with Crippen LogP contribution in [0.4, 0.5) is 0 Å². The van der Waals surface area contributed by atoms with Gasteiger partial charge in [-0.15, -0.1) is 0 Å². The van der Waals surface area contributed by atoms with Gasteiger partial charge in [-0.2, -0.15) is 0 Å². The number of aliphatic hydroxyl groups is 7. The largest absolute Gasteiger partial charge is 0.511 e. The molecule has 19 rings (SSSR count). The Balaban J connectivity index is 0.781. The standard InChI is InChI=1S/C78H90N2O13S2/c81-36-46-8-3-6-43(25-46)26-47-30-60(85)77-61-17-20-73(90)18-2-1-9-49(73)13-14-53(47)64(77)65(86)54-11-5-12-59(63(54)67(77)87)92-76-21-16-57-55-29-48-28-50-34-72(39-71(33-51(72)37-82)23-22-70(38-71)19-15-45(32-70)24-44-7-4-10-52(84)27-44)40-74(50,58-31-62(79-35-56(48)58)80-42-94-95-61)66(55)78(91,69(76)89)68(88)75(57,41-83)93-76/h3-8,10-14,25,27,30-31,37,45,48-51,55,57,61,64,66,68-69,79-81,83-85,88-91H,1-2,9,15-24,26,28-29,32-36,38-42H2. The molecule has 0 amide bonds. The van der Waals surface area contributed by atoms with Gasteiger partial charge >= 0.3 is 0 Å². The molecule has 21 atom stereocenters. The Kier molecular flexibility index (Phi) is 14.1. The molecule has 3 aromatic carbocycles. The number of ketones is 2. The van der Waals surface area contributed by atoms with Crippen molar-refractivity contribution in [1.29, 1.82) is 0 Å². The molecule has 15 nitrogen and oxygen atoms in total. The summed E-state index contributed by atoms with van der Waals surface area (Å²) in [4.78, 5) is 47.8. The van der Waals surface area contributed by atoms with E-state index < -0.39 is 92.2 Å². The molecule has 502 valence electrons. The summed E-state index contributed by atoms with van der Waals surface area (Å²) in [5.41, 5.74) is -2.26. The van der Waals surface area contributed by atoms with Crippen LogP contribution in [0.2, 0.25) is 0 Å². The number of phenolic OH excluding ortho intramolecular Hbond substituents is 1. The van der Waals surface area contributed by atoms with Crippen molar-refractivity contribution < 1.29 is 64.7 Å². The summed E-state index contributed by atoms with van der Waals surface area (Å²) >= 11 is 0. The van der Waals surface area contributed by atoms with Gasteiger partial charge in [0.05, 0.1) is 42.0 Å². The van der Waals surface area contributed by atoms with Gasteiger partial charge in [0.2, 0.25) is 5.79 Å². The van der Waals surface area contributed by atoms with Crippen molar-refractivity contribution in [3.63, 3.8) is 0 Å². The fourth-order valence-electron chi connectivity index (χ4n) is 25.5. The third-order valence-corrected chi connectivity index (χ3v) is 31.6. The summed E-state index contributed by atoms with van der Waals surface area (Å²) in [5, 5.41) is 108. The van der Waals surface area contributed by atoms with Crippen LogP contribution in [0.5, 0.6) is 11.5 Å². The Hall–Kier alpha value is -5.21. The van der Waals surface area contributed by atoms with Crippen LogP contribution in [0.1, 0.15) is 166 Å². The van der Waals surface area contributed by atoms with Crippen molar-refractivity contribution in [1.82, 2.24) is 10.6 Å². The number of phenols is 1. The summed E-state index contributed by atoms with van der Waals surface area (Å²) in [7, 11) is 2.94. The summed E-state index contributed by atoms with van der Waals surface area (Å²) < 4.78 is 14.6. The number of rotatable bonds is 7. The van der Waals surface area contributed by atoms with E-state index >= 15 is 9.59 Å². The number of carbonyl (C=O) groups excluding carboxylic acids is 3. The number of fused-ring (bicyclic) bond motifs is 1. The van der Waals surface area contributed by atoms with Crippen molar-refractivity contribution in [2.24, 2.45) is 80.3 Å². The van der Waals surface area contributed by atoms with E-state index in [-0.39, 0.29) is 88.9 Å². The molecule has 4 heterocycles. The number of hydrogen-bond acceptors (Lipinski definition) is 17. The van der Waals surface area contributed by atoms with E-state index in [1.807, 2.05) is 48.6 Å². The van der Waals surface area contributed by atoms with E-state index in [2.05, 4.69) is 22.8 Å². The number of aliphatic hydroxyl groups excluding tert-OH is 5. The summed E-state index contributed by atoms with van der Waals surface area (Å²) in [6.45, 7) is -0.358. The number of ether oxygens (including phenoxy) is 2. The number of aromatic hydroxyl groups is 1. The fraction of sp³-hybridized carbons (Fsp3) is 0.603. The molecule has 11 bridgehead atoms. The zero-order valence-corrected chi connectivity index (χ0v) is 55.6. The molecule has 16 aliphatic rings. The second kappa shape index (κ2) is 21.6. The van der Waals surface area contributed by atoms with Crippen LogP contribution in [0.15, 0.2) is 125 Å². The van der Waals surface area contributed by atoms with Crippen LogP contribution in [-0.4, -0.2) is 118 Å². The molecule has 10 N–H and O–H groups in total. The van der Waals surface area contributed by atoms with E-state index in [4.69, 9.17) is 9.47 Å². The first-order valence-electron chi connectivity index (χ1n) is 35.8. The predicted octanol–water partition coefficient (Wildman–Crippen LogP) is 10.7. The molecule has 6 spiro atoms. The number of Topliss-reactive ketones (excluding diaryl/α,β-unsaturated/α-hetero) is 2. The number of nitrogens with one attached hydrogen (secondary N) is 2. The van der Waals surface area contributed by atoms with Crippen LogP contribution in [0.25, 0.3) is 0 Å². The number of hydrogen-bond donors (Lipinski definition) is 10. The molecule has 21 unspecified atom stereocenters. The summed E-state index contributed by atoms with van der Waals surface area (Å²) in [5.74, 6) is -5.00. The maximum absolute atomic E-state index is 17.1. The number of aldehydes is 1. The maximum atomic E-state index is 17.1. The highest BCUT2D eigenvalue weighted by atomic mass is 33.1. The Labute approximate surface area is 563 Å².